The van der Waals surface area contributed by atoms with Crippen LogP contribution in [0.4, 0.5) is 0 Å². The van der Waals surface area contributed by atoms with Crippen molar-refractivity contribution < 1.29 is 9.90 Å². The van der Waals surface area contributed by atoms with Crippen molar-refractivity contribution in [3.8, 4) is 0 Å². The Balaban J connectivity index is 2.43. The topological polar surface area (TPSA) is 49.3 Å². The molecular formula is C6H11NO2. The summed E-state index contributed by atoms with van der Waals surface area (Å²) in [6.07, 6.45) is 1.58. The number of likely N-dealkylation sites (N-methyl/N-ethyl adjacent to an activating group) is 1. The van der Waals surface area contributed by atoms with Gasteiger partial charge in [0.1, 0.15) is 5.54 Å². The summed E-state index contributed by atoms with van der Waals surface area (Å²) in [5.74, 6) is -0.704. The Morgan fingerprint density at radius 1 is 1.78 bits per heavy atom. The van der Waals surface area contributed by atoms with Gasteiger partial charge in [0, 0.05) is 0 Å². The van der Waals surface area contributed by atoms with E-state index in [0.29, 0.717) is 0 Å². The number of nitrogens with one attached hydrogen (secondary N) is 1. The third kappa shape index (κ3) is 1.05. The van der Waals surface area contributed by atoms with Crippen LogP contribution in [0.1, 0.15) is 19.8 Å². The number of carbonyl (C=O) groups is 1. The molecule has 1 aliphatic rings. The first-order valence-electron chi connectivity index (χ1n) is 3.20. The molecule has 0 saturated heterocycles. The molecule has 0 unspecified atom stereocenters. The van der Waals surface area contributed by atoms with Crippen molar-refractivity contribution in [3.63, 3.8) is 0 Å². The highest BCUT2D eigenvalue weighted by Crippen LogP contribution is 2.35. The molecule has 0 spiro atoms. The van der Waals surface area contributed by atoms with Crippen molar-refractivity contribution >= 4 is 5.97 Å². The summed E-state index contributed by atoms with van der Waals surface area (Å²) in [5, 5.41) is 11.5. The fraction of sp³-hybridized carbons (Fsp3) is 0.833. The van der Waals surface area contributed by atoms with E-state index in [9.17, 15) is 4.79 Å². The molecule has 0 heterocycles. The number of hydrogen-bond acceptors (Lipinski definition) is 2. The predicted octanol–water partition coefficient (Wildman–Crippen LogP) is 0.213. The van der Waals surface area contributed by atoms with Crippen molar-refractivity contribution in [1.82, 2.24) is 5.32 Å². The van der Waals surface area contributed by atoms with Crippen LogP contribution in [0.2, 0.25) is 0 Å². The average Bonchev–Trinajstić information content (AvgIpc) is 2.49. The van der Waals surface area contributed by atoms with Crippen LogP contribution in [0.25, 0.3) is 0 Å². The zero-order chi connectivity index (χ0) is 6.91. The predicted molar refractivity (Wildman–Crippen MR) is 33.3 cm³/mol. The molecule has 0 amide bonds. The van der Waals surface area contributed by atoms with Gasteiger partial charge in [0.05, 0.1) is 0 Å². The molecule has 1 saturated carbocycles. The largest absolute Gasteiger partial charge is 0.480 e. The summed E-state index contributed by atoms with van der Waals surface area (Å²) in [6, 6.07) is 0. The van der Waals surface area contributed by atoms with E-state index in [1.165, 1.54) is 0 Å². The Bertz CT molecular complexity index is 129. The van der Waals surface area contributed by atoms with Gasteiger partial charge in [-0.25, -0.2) is 0 Å². The van der Waals surface area contributed by atoms with Gasteiger partial charge in [-0.2, -0.15) is 0 Å². The molecule has 0 aliphatic heterocycles. The van der Waals surface area contributed by atoms with Gasteiger partial charge >= 0.3 is 5.97 Å². The number of carboxylic acid groups (broad SMARTS) is 1. The van der Waals surface area contributed by atoms with E-state index in [2.05, 4.69) is 5.32 Å². The summed E-state index contributed by atoms with van der Waals surface area (Å²) < 4.78 is 0. The van der Waals surface area contributed by atoms with Crippen LogP contribution < -0.4 is 5.32 Å². The molecule has 1 rings (SSSR count). The van der Waals surface area contributed by atoms with Crippen LogP contribution in [0, 0.1) is 0 Å². The Kier molecular flexibility index (Phi) is 1.45. The fourth-order valence-electron chi connectivity index (χ4n) is 0.930. The quantitative estimate of drug-likeness (QED) is 0.572. The Morgan fingerprint density at radius 3 is 2.44 bits per heavy atom. The smallest absolute Gasteiger partial charge is 0.323 e. The van der Waals surface area contributed by atoms with E-state index >= 15 is 0 Å². The van der Waals surface area contributed by atoms with Crippen molar-refractivity contribution in [2.75, 3.05) is 6.54 Å². The monoisotopic (exact) mass is 129 g/mol. The minimum atomic E-state index is -0.704. The molecule has 0 bridgehead atoms. The maximum atomic E-state index is 10.4. The lowest BCUT2D eigenvalue weighted by molar-refractivity contribution is -0.140. The van der Waals surface area contributed by atoms with Gasteiger partial charge in [0.15, 0.2) is 0 Å². The van der Waals surface area contributed by atoms with Crippen LogP contribution in [-0.4, -0.2) is 23.2 Å². The molecule has 52 valence electrons. The Morgan fingerprint density at radius 2 is 2.33 bits per heavy atom. The van der Waals surface area contributed by atoms with Crippen LogP contribution >= 0.6 is 0 Å². The van der Waals surface area contributed by atoms with Gasteiger partial charge in [-0.05, 0) is 19.4 Å². The van der Waals surface area contributed by atoms with E-state index < -0.39 is 11.5 Å². The van der Waals surface area contributed by atoms with Crippen LogP contribution in [0.3, 0.4) is 0 Å². The second-order valence-corrected chi connectivity index (χ2v) is 2.42. The van der Waals surface area contributed by atoms with E-state index in [1.807, 2.05) is 6.92 Å². The lowest BCUT2D eigenvalue weighted by Crippen LogP contribution is -2.38. The van der Waals surface area contributed by atoms with E-state index in [4.69, 9.17) is 5.11 Å². The molecule has 2 N–H and O–H groups in total. The van der Waals surface area contributed by atoms with E-state index in [1.54, 1.807) is 0 Å². The highest BCUT2D eigenvalue weighted by molar-refractivity contribution is 5.82. The highest BCUT2D eigenvalue weighted by atomic mass is 16.4. The highest BCUT2D eigenvalue weighted by Gasteiger charge is 2.49. The number of rotatable bonds is 3. The third-order valence-electron chi connectivity index (χ3n) is 1.67. The first kappa shape index (κ1) is 6.55. The molecule has 1 aliphatic carbocycles. The van der Waals surface area contributed by atoms with Gasteiger partial charge in [-0.1, -0.05) is 6.92 Å². The SMILES string of the molecule is CCNC1(C(=O)O)CC1. The summed E-state index contributed by atoms with van der Waals surface area (Å²) in [6.45, 7) is 2.66. The van der Waals surface area contributed by atoms with Crippen molar-refractivity contribution in [1.29, 1.82) is 0 Å². The average molecular weight is 129 g/mol. The van der Waals surface area contributed by atoms with Gasteiger partial charge in [-0.15, -0.1) is 0 Å². The van der Waals surface area contributed by atoms with Crippen molar-refractivity contribution in [2.45, 2.75) is 25.3 Å². The lowest BCUT2D eigenvalue weighted by atomic mass is 10.3. The van der Waals surface area contributed by atoms with Crippen LogP contribution in [0.15, 0.2) is 0 Å². The summed E-state index contributed by atoms with van der Waals surface area (Å²) in [4.78, 5) is 10.4. The standard InChI is InChI=1S/C6H11NO2/c1-2-7-6(3-4-6)5(8)9/h7H,2-4H2,1H3,(H,8,9). The van der Waals surface area contributed by atoms with Crippen LogP contribution in [-0.2, 0) is 4.79 Å². The summed E-state index contributed by atoms with van der Waals surface area (Å²) in [7, 11) is 0. The molecule has 0 aromatic carbocycles. The molecule has 0 aromatic heterocycles. The first-order chi connectivity index (χ1) is 4.21. The number of carboxylic acids is 1. The second kappa shape index (κ2) is 1.99. The molecule has 0 radical (unpaired) electrons. The minimum absolute atomic E-state index is 0.533. The second-order valence-electron chi connectivity index (χ2n) is 2.42. The zero-order valence-corrected chi connectivity index (χ0v) is 5.48. The van der Waals surface area contributed by atoms with Crippen molar-refractivity contribution in [2.24, 2.45) is 0 Å². The van der Waals surface area contributed by atoms with Gasteiger partial charge in [0.25, 0.3) is 0 Å². The molecule has 1 fully saturated rings. The van der Waals surface area contributed by atoms with Crippen LogP contribution in [0.5, 0.6) is 0 Å². The minimum Gasteiger partial charge on any atom is -0.480 e. The summed E-state index contributed by atoms with van der Waals surface area (Å²) >= 11 is 0. The first-order valence-corrected chi connectivity index (χ1v) is 3.20. The third-order valence-corrected chi connectivity index (χ3v) is 1.67. The van der Waals surface area contributed by atoms with Gasteiger partial charge < -0.3 is 10.4 Å². The number of hydrogen-bond donors (Lipinski definition) is 2. The Hall–Kier alpha value is -0.570. The summed E-state index contributed by atoms with van der Waals surface area (Å²) in [5.41, 5.74) is -0.533. The molecule has 0 atom stereocenters. The van der Waals surface area contributed by atoms with Gasteiger partial charge in [-0.3, -0.25) is 4.79 Å². The normalized spacial score (nSPS) is 21.4. The van der Waals surface area contributed by atoms with Crippen molar-refractivity contribution in [3.05, 3.63) is 0 Å². The van der Waals surface area contributed by atoms with E-state index in [0.717, 1.165) is 19.4 Å². The maximum absolute atomic E-state index is 10.4. The molecule has 0 aromatic rings. The maximum Gasteiger partial charge on any atom is 0.323 e. The zero-order valence-electron chi connectivity index (χ0n) is 5.48. The molecule has 3 nitrogen and oxygen atoms in total. The Labute approximate surface area is 54.1 Å². The fourth-order valence-corrected chi connectivity index (χ4v) is 0.930. The molecule has 9 heavy (non-hydrogen) atoms. The number of aliphatic carboxylic acids is 1. The van der Waals surface area contributed by atoms with Gasteiger partial charge in [0.2, 0.25) is 0 Å². The molecular weight excluding hydrogens is 118 g/mol. The van der Waals surface area contributed by atoms with E-state index in [-0.39, 0.29) is 0 Å². The molecule has 3 heteroatoms. The lowest BCUT2D eigenvalue weighted by Gasteiger charge is -2.08.